The molecule has 0 aliphatic heterocycles. The minimum Gasteiger partial charge on any atom is -0.477 e. The molecule has 0 aliphatic carbocycles. The summed E-state index contributed by atoms with van der Waals surface area (Å²) in [6.45, 7) is 9.29. The van der Waals surface area contributed by atoms with Crippen molar-refractivity contribution in [1.82, 2.24) is 9.97 Å². The Morgan fingerprint density at radius 2 is 2.18 bits per heavy atom. The fourth-order valence-electron chi connectivity index (χ4n) is 1.07. The van der Waals surface area contributed by atoms with Gasteiger partial charge in [0.05, 0.1) is 0 Å². The monoisotopic (exact) mass is 237 g/mol. The second-order valence-corrected chi connectivity index (χ2v) is 5.07. The molecule has 2 N–H and O–H groups in total. The molecule has 0 aromatic carbocycles. The zero-order valence-electron chi connectivity index (χ0n) is 10.7. The predicted octanol–water partition coefficient (Wildman–Crippen LogP) is 2.27. The van der Waals surface area contributed by atoms with E-state index in [-0.39, 0.29) is 11.1 Å². The van der Waals surface area contributed by atoms with E-state index in [9.17, 15) is 4.79 Å². The molecule has 0 saturated heterocycles. The number of carbonyl (C=O) groups is 1. The van der Waals surface area contributed by atoms with Crippen LogP contribution in [0.25, 0.3) is 0 Å². The standard InChI is InChI=1S/C12H19N3O2/c1-8(2)12(3,4)7-14-11-13-6-5-9(15-11)10(16)17/h5-6,8H,7H2,1-4H3,(H,16,17)(H,13,14,15). The van der Waals surface area contributed by atoms with Crippen LogP contribution in [-0.2, 0) is 0 Å². The van der Waals surface area contributed by atoms with Gasteiger partial charge in [0.15, 0.2) is 5.69 Å². The third kappa shape index (κ3) is 3.69. The fourth-order valence-corrected chi connectivity index (χ4v) is 1.07. The Kier molecular flexibility index (Phi) is 4.04. The Morgan fingerprint density at radius 1 is 1.53 bits per heavy atom. The second kappa shape index (κ2) is 5.12. The van der Waals surface area contributed by atoms with Gasteiger partial charge in [0.25, 0.3) is 0 Å². The van der Waals surface area contributed by atoms with E-state index < -0.39 is 5.97 Å². The molecule has 94 valence electrons. The van der Waals surface area contributed by atoms with Crippen molar-refractivity contribution < 1.29 is 9.90 Å². The topological polar surface area (TPSA) is 75.1 Å². The summed E-state index contributed by atoms with van der Waals surface area (Å²) in [7, 11) is 0. The molecule has 0 saturated carbocycles. The van der Waals surface area contributed by atoms with Crippen LogP contribution in [0.3, 0.4) is 0 Å². The van der Waals surface area contributed by atoms with Crippen molar-refractivity contribution in [3.05, 3.63) is 18.0 Å². The van der Waals surface area contributed by atoms with Crippen molar-refractivity contribution >= 4 is 11.9 Å². The van der Waals surface area contributed by atoms with Gasteiger partial charge in [0.1, 0.15) is 0 Å². The number of hydrogen-bond acceptors (Lipinski definition) is 4. The van der Waals surface area contributed by atoms with E-state index in [1.54, 1.807) is 0 Å². The highest BCUT2D eigenvalue weighted by molar-refractivity contribution is 5.85. The number of nitrogens with one attached hydrogen (secondary N) is 1. The maximum atomic E-state index is 10.7. The molecular weight excluding hydrogens is 218 g/mol. The van der Waals surface area contributed by atoms with Gasteiger partial charge < -0.3 is 10.4 Å². The minimum atomic E-state index is -1.04. The average Bonchev–Trinajstić information content (AvgIpc) is 2.26. The third-order valence-electron chi connectivity index (χ3n) is 3.14. The molecule has 0 spiro atoms. The molecule has 0 atom stereocenters. The summed E-state index contributed by atoms with van der Waals surface area (Å²) in [5.41, 5.74) is 0.104. The predicted molar refractivity (Wildman–Crippen MR) is 66.1 cm³/mol. The van der Waals surface area contributed by atoms with Gasteiger partial charge in [-0.25, -0.2) is 14.8 Å². The van der Waals surface area contributed by atoms with Crippen LogP contribution < -0.4 is 5.32 Å². The summed E-state index contributed by atoms with van der Waals surface area (Å²) < 4.78 is 0. The molecule has 1 aromatic heterocycles. The fraction of sp³-hybridized carbons (Fsp3) is 0.583. The van der Waals surface area contributed by atoms with Crippen molar-refractivity contribution in [2.24, 2.45) is 11.3 Å². The summed E-state index contributed by atoms with van der Waals surface area (Å²) >= 11 is 0. The van der Waals surface area contributed by atoms with E-state index >= 15 is 0 Å². The third-order valence-corrected chi connectivity index (χ3v) is 3.14. The summed E-state index contributed by atoms with van der Waals surface area (Å²) in [4.78, 5) is 18.7. The van der Waals surface area contributed by atoms with Gasteiger partial charge in [-0.1, -0.05) is 27.7 Å². The first-order chi connectivity index (χ1) is 7.83. The van der Waals surface area contributed by atoms with Gasteiger partial charge in [-0.3, -0.25) is 0 Å². The van der Waals surface area contributed by atoms with Crippen molar-refractivity contribution in [2.75, 3.05) is 11.9 Å². The minimum absolute atomic E-state index is 0.00449. The highest BCUT2D eigenvalue weighted by Gasteiger charge is 2.22. The Bertz CT molecular complexity index is 402. The van der Waals surface area contributed by atoms with Crippen LogP contribution in [-0.4, -0.2) is 27.6 Å². The van der Waals surface area contributed by atoms with E-state index in [2.05, 4.69) is 43.0 Å². The van der Waals surface area contributed by atoms with Gasteiger partial charge in [-0.2, -0.15) is 0 Å². The van der Waals surface area contributed by atoms with Gasteiger partial charge in [-0.15, -0.1) is 0 Å². The van der Waals surface area contributed by atoms with E-state index in [0.717, 1.165) is 0 Å². The normalized spacial score (nSPS) is 11.6. The van der Waals surface area contributed by atoms with E-state index in [0.29, 0.717) is 18.4 Å². The zero-order chi connectivity index (χ0) is 13.1. The van der Waals surface area contributed by atoms with Crippen LogP contribution in [0.2, 0.25) is 0 Å². The molecule has 0 amide bonds. The largest absolute Gasteiger partial charge is 0.477 e. The molecule has 0 bridgehead atoms. The Balaban J connectivity index is 2.70. The SMILES string of the molecule is CC(C)C(C)(C)CNc1nccc(C(=O)O)n1. The quantitative estimate of drug-likeness (QED) is 0.821. The number of aromatic carboxylic acids is 1. The molecule has 1 aromatic rings. The zero-order valence-corrected chi connectivity index (χ0v) is 10.7. The molecule has 1 rings (SSSR count). The summed E-state index contributed by atoms with van der Waals surface area (Å²) in [5, 5.41) is 11.9. The van der Waals surface area contributed by atoms with Crippen molar-refractivity contribution in [3.8, 4) is 0 Å². The Labute approximate surface area is 101 Å². The number of rotatable bonds is 5. The summed E-state index contributed by atoms with van der Waals surface area (Å²) in [5.74, 6) is -0.171. The first-order valence-electron chi connectivity index (χ1n) is 5.63. The lowest BCUT2D eigenvalue weighted by Crippen LogP contribution is -2.29. The van der Waals surface area contributed by atoms with E-state index in [1.807, 2.05) is 0 Å². The van der Waals surface area contributed by atoms with Crippen LogP contribution in [0.5, 0.6) is 0 Å². The molecule has 0 fully saturated rings. The average molecular weight is 237 g/mol. The number of hydrogen-bond donors (Lipinski definition) is 2. The molecule has 5 heteroatoms. The number of aromatic nitrogens is 2. The lowest BCUT2D eigenvalue weighted by Gasteiger charge is -2.29. The van der Waals surface area contributed by atoms with Crippen molar-refractivity contribution in [3.63, 3.8) is 0 Å². The van der Waals surface area contributed by atoms with Crippen LogP contribution in [0.4, 0.5) is 5.95 Å². The van der Waals surface area contributed by atoms with E-state index in [4.69, 9.17) is 5.11 Å². The van der Waals surface area contributed by atoms with Gasteiger partial charge in [-0.05, 0) is 17.4 Å². The number of carboxylic acid groups (broad SMARTS) is 1. The highest BCUT2D eigenvalue weighted by Crippen LogP contribution is 2.25. The maximum absolute atomic E-state index is 10.7. The van der Waals surface area contributed by atoms with Gasteiger partial charge in [0.2, 0.25) is 5.95 Å². The molecule has 0 aliphatic rings. The molecular formula is C12H19N3O2. The van der Waals surface area contributed by atoms with Crippen LogP contribution in [0.1, 0.15) is 38.2 Å². The van der Waals surface area contributed by atoms with Crippen molar-refractivity contribution in [2.45, 2.75) is 27.7 Å². The van der Waals surface area contributed by atoms with E-state index in [1.165, 1.54) is 12.3 Å². The number of nitrogens with zero attached hydrogens (tertiary/aromatic N) is 2. The number of anilines is 1. The lowest BCUT2D eigenvalue weighted by atomic mass is 9.81. The first-order valence-corrected chi connectivity index (χ1v) is 5.63. The van der Waals surface area contributed by atoms with Crippen LogP contribution >= 0.6 is 0 Å². The van der Waals surface area contributed by atoms with Crippen molar-refractivity contribution in [1.29, 1.82) is 0 Å². The lowest BCUT2D eigenvalue weighted by molar-refractivity contribution is 0.0690. The molecule has 1 heterocycles. The Hall–Kier alpha value is -1.65. The van der Waals surface area contributed by atoms with Crippen LogP contribution in [0.15, 0.2) is 12.3 Å². The second-order valence-electron chi connectivity index (χ2n) is 5.07. The number of carboxylic acids is 1. The molecule has 17 heavy (non-hydrogen) atoms. The summed E-state index contributed by atoms with van der Waals surface area (Å²) in [6, 6.07) is 1.38. The Morgan fingerprint density at radius 3 is 2.71 bits per heavy atom. The van der Waals surface area contributed by atoms with Crippen LogP contribution in [0, 0.1) is 11.3 Å². The molecule has 0 unspecified atom stereocenters. The molecule has 0 radical (unpaired) electrons. The maximum Gasteiger partial charge on any atom is 0.354 e. The van der Waals surface area contributed by atoms with Gasteiger partial charge in [0, 0.05) is 12.7 Å². The highest BCUT2D eigenvalue weighted by atomic mass is 16.4. The smallest absolute Gasteiger partial charge is 0.354 e. The summed E-state index contributed by atoms with van der Waals surface area (Å²) in [6.07, 6.45) is 1.45. The van der Waals surface area contributed by atoms with Gasteiger partial charge >= 0.3 is 5.97 Å². The first kappa shape index (κ1) is 13.4. The molecule has 5 nitrogen and oxygen atoms in total.